The standard InChI is InChI=1S/C17H12Cl2O6/c1-23-15(20)10-5-11(16(21)24-2)7-12(6-10)25-17(22)9-3-4-13(18)14(19)8-9/h3-8H,1-2H3. The topological polar surface area (TPSA) is 78.9 Å². The van der Waals surface area contributed by atoms with Crippen molar-refractivity contribution in [1.82, 2.24) is 0 Å². The number of esters is 3. The third-order valence-corrected chi connectivity index (χ3v) is 3.85. The van der Waals surface area contributed by atoms with Gasteiger partial charge in [-0.25, -0.2) is 14.4 Å². The molecule has 0 amide bonds. The molecule has 2 aromatic carbocycles. The minimum atomic E-state index is -0.739. The molecule has 0 bridgehead atoms. The fourth-order valence-electron chi connectivity index (χ4n) is 1.92. The number of carbonyl (C=O) groups is 3. The number of ether oxygens (including phenoxy) is 3. The normalized spacial score (nSPS) is 10.1. The Morgan fingerprint density at radius 3 is 1.76 bits per heavy atom. The van der Waals surface area contributed by atoms with E-state index in [1.54, 1.807) is 0 Å². The zero-order valence-corrected chi connectivity index (χ0v) is 14.7. The van der Waals surface area contributed by atoms with Crippen LogP contribution >= 0.6 is 23.2 Å². The monoisotopic (exact) mass is 382 g/mol. The van der Waals surface area contributed by atoms with E-state index in [0.717, 1.165) is 0 Å². The Hall–Kier alpha value is -2.57. The molecule has 0 aliphatic carbocycles. The first-order valence-corrected chi connectivity index (χ1v) is 7.60. The Kier molecular flexibility index (Phi) is 6.01. The summed E-state index contributed by atoms with van der Waals surface area (Å²) < 4.78 is 14.4. The summed E-state index contributed by atoms with van der Waals surface area (Å²) in [6, 6.07) is 8.04. The molecule has 8 heteroatoms. The van der Waals surface area contributed by atoms with Crippen LogP contribution in [0, 0.1) is 0 Å². The Balaban J connectivity index is 2.36. The maximum atomic E-state index is 12.2. The zero-order valence-electron chi connectivity index (χ0n) is 13.2. The van der Waals surface area contributed by atoms with Crippen molar-refractivity contribution in [1.29, 1.82) is 0 Å². The largest absolute Gasteiger partial charge is 0.465 e. The van der Waals surface area contributed by atoms with Gasteiger partial charge in [0, 0.05) is 0 Å². The molecular formula is C17H12Cl2O6. The summed E-state index contributed by atoms with van der Waals surface area (Å²) in [6.07, 6.45) is 0. The number of methoxy groups -OCH3 is 2. The molecule has 0 saturated carbocycles. The second kappa shape index (κ2) is 8.00. The Bertz CT molecular complexity index is 813. The lowest BCUT2D eigenvalue weighted by Gasteiger charge is -2.09. The van der Waals surface area contributed by atoms with Crippen molar-refractivity contribution in [2.45, 2.75) is 0 Å². The second-order valence-electron chi connectivity index (χ2n) is 4.75. The van der Waals surface area contributed by atoms with Crippen LogP contribution in [0.15, 0.2) is 36.4 Å². The van der Waals surface area contributed by atoms with Crippen LogP contribution in [0.25, 0.3) is 0 Å². The van der Waals surface area contributed by atoms with Gasteiger partial charge in [0.05, 0.1) is 41.0 Å². The average Bonchev–Trinajstić information content (AvgIpc) is 2.62. The number of hydrogen-bond acceptors (Lipinski definition) is 6. The van der Waals surface area contributed by atoms with Gasteiger partial charge in [-0.05, 0) is 36.4 Å². The van der Waals surface area contributed by atoms with E-state index in [4.69, 9.17) is 27.9 Å². The third-order valence-electron chi connectivity index (χ3n) is 3.11. The van der Waals surface area contributed by atoms with Crippen LogP contribution in [0.5, 0.6) is 5.75 Å². The maximum Gasteiger partial charge on any atom is 0.343 e. The molecule has 0 spiro atoms. The Morgan fingerprint density at radius 2 is 1.28 bits per heavy atom. The summed E-state index contributed by atoms with van der Waals surface area (Å²) in [5, 5.41) is 0.480. The van der Waals surface area contributed by atoms with Crippen LogP contribution in [-0.4, -0.2) is 32.1 Å². The van der Waals surface area contributed by atoms with E-state index < -0.39 is 17.9 Å². The van der Waals surface area contributed by atoms with E-state index in [1.165, 1.54) is 50.6 Å². The van der Waals surface area contributed by atoms with Gasteiger partial charge in [-0.2, -0.15) is 0 Å². The number of benzene rings is 2. The van der Waals surface area contributed by atoms with Gasteiger partial charge in [-0.3, -0.25) is 0 Å². The second-order valence-corrected chi connectivity index (χ2v) is 5.56. The molecule has 25 heavy (non-hydrogen) atoms. The number of rotatable bonds is 4. The summed E-state index contributed by atoms with van der Waals surface area (Å²) >= 11 is 11.7. The van der Waals surface area contributed by atoms with Crippen molar-refractivity contribution in [2.75, 3.05) is 14.2 Å². The fraction of sp³-hybridized carbons (Fsp3) is 0.118. The molecular weight excluding hydrogens is 371 g/mol. The molecule has 6 nitrogen and oxygen atoms in total. The zero-order chi connectivity index (χ0) is 18.6. The molecule has 2 aromatic rings. The van der Waals surface area contributed by atoms with E-state index >= 15 is 0 Å². The highest BCUT2D eigenvalue weighted by atomic mass is 35.5. The van der Waals surface area contributed by atoms with E-state index in [-0.39, 0.29) is 27.5 Å². The highest BCUT2D eigenvalue weighted by Gasteiger charge is 2.17. The SMILES string of the molecule is COC(=O)c1cc(OC(=O)c2ccc(Cl)c(Cl)c2)cc(C(=O)OC)c1. The fourth-order valence-corrected chi connectivity index (χ4v) is 2.22. The van der Waals surface area contributed by atoms with E-state index in [1.807, 2.05) is 0 Å². The molecule has 0 N–H and O–H groups in total. The lowest BCUT2D eigenvalue weighted by Crippen LogP contribution is -2.11. The predicted molar refractivity (Wildman–Crippen MR) is 90.5 cm³/mol. The van der Waals surface area contributed by atoms with Gasteiger partial charge >= 0.3 is 17.9 Å². The maximum absolute atomic E-state index is 12.2. The number of halogens is 2. The number of hydrogen-bond donors (Lipinski definition) is 0. The van der Waals surface area contributed by atoms with Crippen molar-refractivity contribution >= 4 is 41.1 Å². The lowest BCUT2D eigenvalue weighted by atomic mass is 10.1. The molecule has 0 fully saturated rings. The number of carbonyl (C=O) groups excluding carboxylic acids is 3. The van der Waals surface area contributed by atoms with Crippen molar-refractivity contribution in [2.24, 2.45) is 0 Å². The third kappa shape index (κ3) is 4.49. The molecule has 0 atom stereocenters. The molecule has 0 aliphatic heterocycles. The quantitative estimate of drug-likeness (QED) is 0.591. The molecule has 0 saturated heterocycles. The van der Waals surface area contributed by atoms with Crippen LogP contribution in [0.2, 0.25) is 10.0 Å². The molecule has 0 aliphatic rings. The van der Waals surface area contributed by atoms with Crippen molar-refractivity contribution in [3.05, 3.63) is 63.1 Å². The first-order valence-electron chi connectivity index (χ1n) is 6.84. The van der Waals surface area contributed by atoms with Gasteiger partial charge in [0.25, 0.3) is 0 Å². The van der Waals surface area contributed by atoms with Crippen molar-refractivity contribution < 1.29 is 28.6 Å². The minimum Gasteiger partial charge on any atom is -0.465 e. The van der Waals surface area contributed by atoms with Crippen molar-refractivity contribution in [3.63, 3.8) is 0 Å². The molecule has 0 heterocycles. The van der Waals surface area contributed by atoms with Crippen molar-refractivity contribution in [3.8, 4) is 5.75 Å². The van der Waals surface area contributed by atoms with E-state index in [0.29, 0.717) is 5.02 Å². The Labute approximate surface area is 153 Å². The van der Waals surface area contributed by atoms with Crippen LogP contribution in [0.1, 0.15) is 31.1 Å². The molecule has 2 rings (SSSR count). The smallest absolute Gasteiger partial charge is 0.343 e. The lowest BCUT2D eigenvalue weighted by molar-refractivity contribution is 0.0593. The highest BCUT2D eigenvalue weighted by Crippen LogP contribution is 2.24. The van der Waals surface area contributed by atoms with Gasteiger partial charge < -0.3 is 14.2 Å². The van der Waals surface area contributed by atoms with Gasteiger partial charge in [0.15, 0.2) is 0 Å². The van der Waals surface area contributed by atoms with E-state index in [9.17, 15) is 14.4 Å². The first kappa shape index (κ1) is 18.8. The van der Waals surface area contributed by atoms with Gasteiger partial charge in [0.1, 0.15) is 5.75 Å². The molecule has 0 unspecified atom stereocenters. The summed E-state index contributed by atoms with van der Waals surface area (Å²) in [5.41, 5.74) is 0.210. The molecule has 130 valence electrons. The van der Waals surface area contributed by atoms with Crippen LogP contribution < -0.4 is 4.74 Å². The van der Waals surface area contributed by atoms with E-state index in [2.05, 4.69) is 9.47 Å². The molecule has 0 aromatic heterocycles. The van der Waals surface area contributed by atoms with Gasteiger partial charge in [-0.15, -0.1) is 0 Å². The Morgan fingerprint density at radius 1 is 0.720 bits per heavy atom. The highest BCUT2D eigenvalue weighted by molar-refractivity contribution is 6.42. The minimum absolute atomic E-state index is 0.0284. The first-order chi connectivity index (χ1) is 11.8. The summed E-state index contributed by atoms with van der Waals surface area (Å²) in [6.45, 7) is 0. The summed E-state index contributed by atoms with van der Waals surface area (Å²) in [5.74, 6) is -2.16. The van der Waals surface area contributed by atoms with Crippen LogP contribution in [0.4, 0.5) is 0 Å². The predicted octanol–water partition coefficient (Wildman–Crippen LogP) is 3.79. The van der Waals surface area contributed by atoms with Gasteiger partial charge in [-0.1, -0.05) is 23.2 Å². The molecule has 0 radical (unpaired) electrons. The summed E-state index contributed by atoms with van der Waals surface area (Å²) in [7, 11) is 2.38. The summed E-state index contributed by atoms with van der Waals surface area (Å²) in [4.78, 5) is 35.7. The van der Waals surface area contributed by atoms with Crippen LogP contribution in [-0.2, 0) is 9.47 Å². The average molecular weight is 383 g/mol. The van der Waals surface area contributed by atoms with Gasteiger partial charge in [0.2, 0.25) is 0 Å². The van der Waals surface area contributed by atoms with Crippen LogP contribution in [0.3, 0.4) is 0 Å².